The number of halogens is 1. The number of aromatic nitrogens is 2. The number of nitrogens with zero attached hydrogens (tertiary/aromatic N) is 1. The molecule has 13 heavy (non-hydrogen) atoms. The van der Waals surface area contributed by atoms with Gasteiger partial charge >= 0.3 is 0 Å². The van der Waals surface area contributed by atoms with Crippen molar-refractivity contribution in [1.82, 2.24) is 9.97 Å². The molecule has 0 radical (unpaired) electrons. The molecule has 0 saturated heterocycles. The van der Waals surface area contributed by atoms with Gasteiger partial charge < -0.3 is 10.7 Å². The smallest absolute Gasteiger partial charge is 0.121 e. The Morgan fingerprint density at radius 2 is 2.31 bits per heavy atom. The van der Waals surface area contributed by atoms with Gasteiger partial charge in [0.2, 0.25) is 0 Å². The molecule has 3 nitrogen and oxygen atoms in total. The Labute approximate surface area is 89.9 Å². The van der Waals surface area contributed by atoms with E-state index in [0.29, 0.717) is 6.54 Å². The minimum Gasteiger partial charge on any atom is -0.341 e. The summed E-state index contributed by atoms with van der Waals surface area (Å²) >= 11 is 2.30. The van der Waals surface area contributed by atoms with Gasteiger partial charge in [-0.2, -0.15) is 0 Å². The maximum atomic E-state index is 5.51. The summed E-state index contributed by atoms with van der Waals surface area (Å²) in [6.45, 7) is 2.52. The zero-order chi connectivity index (χ0) is 9.42. The molecular weight excluding hydrogens is 277 g/mol. The largest absolute Gasteiger partial charge is 0.341 e. The Bertz CT molecular complexity index is 447. The van der Waals surface area contributed by atoms with Crippen molar-refractivity contribution in [1.29, 1.82) is 0 Å². The van der Waals surface area contributed by atoms with E-state index in [4.69, 9.17) is 5.73 Å². The quantitative estimate of drug-likeness (QED) is 0.787. The van der Waals surface area contributed by atoms with E-state index >= 15 is 0 Å². The molecule has 0 unspecified atom stereocenters. The van der Waals surface area contributed by atoms with Crippen molar-refractivity contribution in [2.45, 2.75) is 13.5 Å². The van der Waals surface area contributed by atoms with E-state index in [2.05, 4.69) is 51.6 Å². The first kappa shape index (κ1) is 8.96. The van der Waals surface area contributed by atoms with E-state index in [0.717, 1.165) is 16.9 Å². The van der Waals surface area contributed by atoms with Crippen molar-refractivity contribution in [2.24, 2.45) is 5.73 Å². The van der Waals surface area contributed by atoms with E-state index < -0.39 is 0 Å². The molecule has 0 atom stereocenters. The van der Waals surface area contributed by atoms with Crippen molar-refractivity contribution < 1.29 is 0 Å². The van der Waals surface area contributed by atoms with Gasteiger partial charge in [0.25, 0.3) is 0 Å². The third kappa shape index (κ3) is 1.55. The van der Waals surface area contributed by atoms with Gasteiger partial charge in [-0.25, -0.2) is 4.98 Å². The number of nitrogens with one attached hydrogen (secondary N) is 1. The predicted octanol–water partition coefficient (Wildman–Crippen LogP) is 1.93. The van der Waals surface area contributed by atoms with Gasteiger partial charge in [-0.05, 0) is 47.2 Å². The highest BCUT2D eigenvalue weighted by atomic mass is 127. The Balaban J connectivity index is 2.75. The first-order valence-corrected chi connectivity index (χ1v) is 5.13. The number of imidazole rings is 1. The van der Waals surface area contributed by atoms with Crippen molar-refractivity contribution in [2.75, 3.05) is 0 Å². The summed E-state index contributed by atoms with van der Waals surface area (Å²) in [6, 6.07) is 4.19. The molecule has 0 aliphatic carbocycles. The van der Waals surface area contributed by atoms with E-state index in [1.165, 1.54) is 9.13 Å². The molecule has 1 aromatic carbocycles. The summed E-state index contributed by atoms with van der Waals surface area (Å²) < 4.78 is 1.22. The predicted molar refractivity (Wildman–Crippen MR) is 61.4 cm³/mol. The minimum absolute atomic E-state index is 0.463. The summed E-state index contributed by atoms with van der Waals surface area (Å²) in [6.07, 6.45) is 0. The zero-order valence-corrected chi connectivity index (χ0v) is 9.42. The second-order valence-corrected chi connectivity index (χ2v) is 4.25. The van der Waals surface area contributed by atoms with Crippen LogP contribution in [0.15, 0.2) is 12.1 Å². The number of benzene rings is 1. The van der Waals surface area contributed by atoms with Crippen LogP contribution in [0.5, 0.6) is 0 Å². The molecule has 1 aromatic heterocycles. The van der Waals surface area contributed by atoms with Crippen LogP contribution < -0.4 is 5.73 Å². The van der Waals surface area contributed by atoms with Crippen LogP contribution in [0.1, 0.15) is 11.4 Å². The molecule has 0 bridgehead atoms. The Hall–Kier alpha value is -0.620. The lowest BCUT2D eigenvalue weighted by Gasteiger charge is -1.94. The van der Waals surface area contributed by atoms with Crippen LogP contribution in [-0.4, -0.2) is 9.97 Å². The number of fused-ring (bicyclic) bond motifs is 1. The fraction of sp³-hybridized carbons (Fsp3) is 0.222. The number of nitrogens with two attached hydrogens (primary N) is 1. The molecule has 0 aliphatic heterocycles. The average Bonchev–Trinajstić information content (AvgIpc) is 2.47. The fourth-order valence-corrected chi connectivity index (χ4v) is 2.17. The highest BCUT2D eigenvalue weighted by Gasteiger charge is 2.04. The number of aromatic amines is 1. The SMILES string of the molecule is Cc1cc(I)cc2[nH]c(CN)nc12. The minimum atomic E-state index is 0.463. The van der Waals surface area contributed by atoms with Crippen LogP contribution in [0.25, 0.3) is 11.0 Å². The number of hydrogen-bond acceptors (Lipinski definition) is 2. The van der Waals surface area contributed by atoms with Crippen LogP contribution in [-0.2, 0) is 6.54 Å². The van der Waals surface area contributed by atoms with Gasteiger partial charge in [-0.3, -0.25) is 0 Å². The standard InChI is InChI=1S/C9H10IN3/c1-5-2-6(10)3-7-9(5)13-8(4-11)12-7/h2-3H,4,11H2,1H3,(H,12,13). The van der Waals surface area contributed by atoms with Gasteiger partial charge in [0.15, 0.2) is 0 Å². The maximum absolute atomic E-state index is 5.51. The van der Waals surface area contributed by atoms with Gasteiger partial charge in [0, 0.05) is 3.57 Å². The molecule has 0 amide bonds. The van der Waals surface area contributed by atoms with Gasteiger partial charge in [0.05, 0.1) is 17.6 Å². The van der Waals surface area contributed by atoms with Crippen LogP contribution in [0.4, 0.5) is 0 Å². The van der Waals surface area contributed by atoms with E-state index in [-0.39, 0.29) is 0 Å². The first-order chi connectivity index (χ1) is 6.20. The molecule has 0 saturated carbocycles. The Morgan fingerprint density at radius 3 is 3.00 bits per heavy atom. The third-order valence-electron chi connectivity index (χ3n) is 1.98. The molecule has 4 heteroatoms. The van der Waals surface area contributed by atoms with Crippen LogP contribution in [0.3, 0.4) is 0 Å². The van der Waals surface area contributed by atoms with Gasteiger partial charge in [0.1, 0.15) is 5.82 Å². The van der Waals surface area contributed by atoms with Crippen molar-refractivity contribution in [3.63, 3.8) is 0 Å². The highest BCUT2D eigenvalue weighted by molar-refractivity contribution is 14.1. The molecular formula is C9H10IN3. The Kier molecular flexibility index (Phi) is 2.25. The van der Waals surface area contributed by atoms with Gasteiger partial charge in [-0.15, -0.1) is 0 Å². The van der Waals surface area contributed by atoms with Crippen molar-refractivity contribution in [3.8, 4) is 0 Å². The molecule has 1 heterocycles. The molecule has 0 spiro atoms. The van der Waals surface area contributed by atoms with Crippen LogP contribution >= 0.6 is 22.6 Å². The molecule has 0 aliphatic rings. The van der Waals surface area contributed by atoms with Crippen LogP contribution in [0.2, 0.25) is 0 Å². The number of aryl methyl sites for hydroxylation is 1. The molecule has 2 rings (SSSR count). The summed E-state index contributed by atoms with van der Waals surface area (Å²) in [5, 5.41) is 0. The lowest BCUT2D eigenvalue weighted by Crippen LogP contribution is -1.97. The maximum Gasteiger partial charge on any atom is 0.121 e. The van der Waals surface area contributed by atoms with E-state index in [9.17, 15) is 0 Å². The number of H-pyrrole nitrogens is 1. The summed E-state index contributed by atoms with van der Waals surface area (Å²) in [5.74, 6) is 0.847. The van der Waals surface area contributed by atoms with Crippen molar-refractivity contribution >= 4 is 33.6 Å². The second kappa shape index (κ2) is 3.26. The number of hydrogen-bond donors (Lipinski definition) is 2. The molecule has 2 aromatic rings. The average molecular weight is 287 g/mol. The summed E-state index contributed by atoms with van der Waals surface area (Å²) in [5.41, 5.74) is 8.80. The number of rotatable bonds is 1. The van der Waals surface area contributed by atoms with Crippen LogP contribution in [0, 0.1) is 10.5 Å². The summed E-state index contributed by atoms with van der Waals surface area (Å²) in [4.78, 5) is 7.57. The van der Waals surface area contributed by atoms with Gasteiger partial charge in [-0.1, -0.05) is 0 Å². The normalized spacial score (nSPS) is 11.0. The molecule has 3 N–H and O–H groups in total. The van der Waals surface area contributed by atoms with E-state index in [1.807, 2.05) is 0 Å². The second-order valence-electron chi connectivity index (χ2n) is 3.01. The zero-order valence-electron chi connectivity index (χ0n) is 7.26. The van der Waals surface area contributed by atoms with Crippen molar-refractivity contribution in [3.05, 3.63) is 27.1 Å². The monoisotopic (exact) mass is 287 g/mol. The summed E-state index contributed by atoms with van der Waals surface area (Å²) in [7, 11) is 0. The first-order valence-electron chi connectivity index (χ1n) is 4.05. The highest BCUT2D eigenvalue weighted by Crippen LogP contribution is 2.19. The topological polar surface area (TPSA) is 54.7 Å². The Morgan fingerprint density at radius 1 is 1.54 bits per heavy atom. The third-order valence-corrected chi connectivity index (χ3v) is 2.61. The lowest BCUT2D eigenvalue weighted by atomic mass is 10.2. The fourth-order valence-electron chi connectivity index (χ4n) is 1.39. The molecule has 0 fully saturated rings. The lowest BCUT2D eigenvalue weighted by molar-refractivity contribution is 0.958. The molecule has 68 valence electrons. The van der Waals surface area contributed by atoms with E-state index in [1.54, 1.807) is 0 Å².